The lowest BCUT2D eigenvalue weighted by Crippen LogP contribution is -2.18. The summed E-state index contributed by atoms with van der Waals surface area (Å²) in [6, 6.07) is 3.19. The van der Waals surface area contributed by atoms with Crippen molar-refractivity contribution < 1.29 is 14.3 Å². The van der Waals surface area contributed by atoms with E-state index in [0.29, 0.717) is 5.69 Å². The van der Waals surface area contributed by atoms with Crippen LogP contribution in [0.2, 0.25) is 0 Å². The molecule has 17 heavy (non-hydrogen) atoms. The SMILES string of the molecule is COc1ccc(-n2nccn2)c(OC(N)=O)n1. The number of primary amides is 1. The average Bonchev–Trinajstić information content (AvgIpc) is 2.81. The van der Waals surface area contributed by atoms with Crippen molar-refractivity contribution >= 4 is 6.09 Å². The third kappa shape index (κ3) is 2.30. The minimum absolute atomic E-state index is 0.0203. The zero-order chi connectivity index (χ0) is 12.3. The molecule has 2 heterocycles. The number of carbonyl (C=O) groups is 1. The Morgan fingerprint density at radius 2 is 2.06 bits per heavy atom. The number of carbonyl (C=O) groups excluding carboxylic acids is 1. The lowest BCUT2D eigenvalue weighted by molar-refractivity contribution is 0.208. The predicted molar refractivity (Wildman–Crippen MR) is 55.9 cm³/mol. The number of hydrogen-bond acceptors (Lipinski definition) is 6. The van der Waals surface area contributed by atoms with Crippen LogP contribution in [0.25, 0.3) is 5.69 Å². The van der Waals surface area contributed by atoms with Gasteiger partial charge in [0.1, 0.15) is 5.69 Å². The number of nitrogens with two attached hydrogens (primary N) is 1. The first-order chi connectivity index (χ1) is 8.20. The maximum Gasteiger partial charge on any atom is 0.411 e. The second-order valence-electron chi connectivity index (χ2n) is 2.92. The molecule has 2 aromatic rings. The van der Waals surface area contributed by atoms with Crippen molar-refractivity contribution in [2.45, 2.75) is 0 Å². The van der Waals surface area contributed by atoms with Crippen LogP contribution in [0, 0.1) is 0 Å². The molecule has 0 unspecified atom stereocenters. The fourth-order valence-corrected chi connectivity index (χ4v) is 1.19. The number of methoxy groups -OCH3 is 1. The van der Waals surface area contributed by atoms with E-state index in [-0.39, 0.29) is 11.8 Å². The molecule has 2 N–H and O–H groups in total. The summed E-state index contributed by atoms with van der Waals surface area (Å²) in [7, 11) is 1.45. The first-order valence-corrected chi connectivity index (χ1v) is 4.59. The lowest BCUT2D eigenvalue weighted by atomic mass is 10.4. The Morgan fingerprint density at radius 1 is 1.35 bits per heavy atom. The number of amides is 1. The molecule has 0 aliphatic rings. The first kappa shape index (κ1) is 10.9. The number of aromatic nitrogens is 4. The molecule has 8 nitrogen and oxygen atoms in total. The normalized spacial score (nSPS) is 9.94. The zero-order valence-corrected chi connectivity index (χ0v) is 8.90. The van der Waals surface area contributed by atoms with Crippen LogP contribution in [0.15, 0.2) is 24.5 Å². The van der Waals surface area contributed by atoms with Gasteiger partial charge in [-0.2, -0.15) is 15.2 Å². The van der Waals surface area contributed by atoms with Gasteiger partial charge in [-0.3, -0.25) is 0 Å². The molecule has 0 bridgehead atoms. The van der Waals surface area contributed by atoms with Crippen molar-refractivity contribution in [1.82, 2.24) is 20.0 Å². The third-order valence-electron chi connectivity index (χ3n) is 1.86. The Labute approximate surface area is 96.0 Å². The molecule has 2 rings (SSSR count). The summed E-state index contributed by atoms with van der Waals surface area (Å²) in [4.78, 5) is 16.0. The van der Waals surface area contributed by atoms with Gasteiger partial charge in [0.25, 0.3) is 5.88 Å². The van der Waals surface area contributed by atoms with Crippen LogP contribution in [0.3, 0.4) is 0 Å². The Hall–Kier alpha value is -2.64. The highest BCUT2D eigenvalue weighted by molar-refractivity contribution is 5.69. The lowest BCUT2D eigenvalue weighted by Gasteiger charge is -2.07. The molecule has 1 amide bonds. The number of rotatable bonds is 3. The Kier molecular flexibility index (Phi) is 2.86. The van der Waals surface area contributed by atoms with Gasteiger partial charge < -0.3 is 15.2 Å². The van der Waals surface area contributed by atoms with E-state index in [1.165, 1.54) is 24.3 Å². The highest BCUT2D eigenvalue weighted by Crippen LogP contribution is 2.22. The van der Waals surface area contributed by atoms with Gasteiger partial charge in [-0.1, -0.05) is 0 Å². The molecule has 0 saturated heterocycles. The average molecular weight is 235 g/mol. The standard InChI is InChI=1S/C9H9N5O3/c1-16-7-3-2-6(14-11-4-5-12-14)8(13-7)17-9(10)15/h2-5H,1H3,(H2,10,15). The van der Waals surface area contributed by atoms with Crippen LogP contribution in [-0.4, -0.2) is 33.2 Å². The van der Waals surface area contributed by atoms with Crippen LogP contribution in [0.5, 0.6) is 11.8 Å². The Bertz CT molecular complexity index is 525. The molecule has 0 aliphatic carbocycles. The van der Waals surface area contributed by atoms with Crippen molar-refractivity contribution in [3.63, 3.8) is 0 Å². The highest BCUT2D eigenvalue weighted by atomic mass is 16.6. The quantitative estimate of drug-likeness (QED) is 0.810. The summed E-state index contributed by atoms with van der Waals surface area (Å²) in [6.07, 6.45) is 2.00. The first-order valence-electron chi connectivity index (χ1n) is 4.59. The van der Waals surface area contributed by atoms with Crippen LogP contribution in [0.4, 0.5) is 4.79 Å². The summed E-state index contributed by atoms with van der Waals surface area (Å²) in [5.41, 5.74) is 5.33. The van der Waals surface area contributed by atoms with E-state index in [2.05, 4.69) is 15.2 Å². The van der Waals surface area contributed by atoms with Crippen molar-refractivity contribution in [1.29, 1.82) is 0 Å². The van der Waals surface area contributed by atoms with Crippen molar-refractivity contribution in [3.8, 4) is 17.4 Å². The molecule has 8 heteroatoms. The molecule has 0 saturated carbocycles. The summed E-state index contributed by atoms with van der Waals surface area (Å²) >= 11 is 0. The molecule has 0 aliphatic heterocycles. The van der Waals surface area contributed by atoms with Gasteiger partial charge in [-0.25, -0.2) is 4.79 Å². The number of pyridine rings is 1. The monoisotopic (exact) mass is 235 g/mol. The summed E-state index contributed by atoms with van der Waals surface area (Å²) in [5.74, 6) is 0.269. The topological polar surface area (TPSA) is 105 Å². The fraction of sp³-hybridized carbons (Fsp3) is 0.111. The molecular weight excluding hydrogens is 226 g/mol. The van der Waals surface area contributed by atoms with Crippen molar-refractivity contribution in [3.05, 3.63) is 24.5 Å². The molecule has 0 fully saturated rings. The van der Waals surface area contributed by atoms with Gasteiger partial charge in [0.15, 0.2) is 0 Å². The van der Waals surface area contributed by atoms with Crippen LogP contribution < -0.4 is 15.2 Å². The Morgan fingerprint density at radius 3 is 2.65 bits per heavy atom. The van der Waals surface area contributed by atoms with E-state index >= 15 is 0 Å². The molecule has 88 valence electrons. The van der Waals surface area contributed by atoms with Gasteiger partial charge in [-0.05, 0) is 6.07 Å². The van der Waals surface area contributed by atoms with E-state index < -0.39 is 6.09 Å². The number of nitrogens with zero attached hydrogens (tertiary/aromatic N) is 4. The predicted octanol–water partition coefficient (Wildman–Crippen LogP) is 0.128. The fourth-order valence-electron chi connectivity index (χ4n) is 1.19. The minimum Gasteiger partial charge on any atom is -0.481 e. The summed E-state index contributed by atoms with van der Waals surface area (Å²) < 4.78 is 9.67. The molecule has 0 spiro atoms. The number of hydrogen-bond donors (Lipinski definition) is 1. The van der Waals surface area contributed by atoms with Gasteiger partial charge >= 0.3 is 6.09 Å². The smallest absolute Gasteiger partial charge is 0.411 e. The number of ether oxygens (including phenoxy) is 2. The van der Waals surface area contributed by atoms with Crippen molar-refractivity contribution in [2.24, 2.45) is 5.73 Å². The van der Waals surface area contributed by atoms with E-state index in [0.717, 1.165) is 0 Å². The maximum absolute atomic E-state index is 10.8. The third-order valence-corrected chi connectivity index (χ3v) is 1.86. The second-order valence-corrected chi connectivity index (χ2v) is 2.92. The van der Waals surface area contributed by atoms with E-state index in [1.807, 2.05) is 0 Å². The van der Waals surface area contributed by atoms with Gasteiger partial charge in [0.05, 0.1) is 19.5 Å². The van der Waals surface area contributed by atoms with Crippen LogP contribution >= 0.6 is 0 Å². The summed E-state index contributed by atoms with van der Waals surface area (Å²) in [5, 5.41) is 7.81. The van der Waals surface area contributed by atoms with Crippen LogP contribution in [0.1, 0.15) is 0 Å². The van der Waals surface area contributed by atoms with Crippen molar-refractivity contribution in [2.75, 3.05) is 7.11 Å². The minimum atomic E-state index is -0.973. The molecule has 0 atom stereocenters. The van der Waals surface area contributed by atoms with Gasteiger partial charge in [0, 0.05) is 6.07 Å². The maximum atomic E-state index is 10.8. The van der Waals surface area contributed by atoms with E-state index in [1.54, 1.807) is 12.1 Å². The highest BCUT2D eigenvalue weighted by Gasteiger charge is 2.13. The van der Waals surface area contributed by atoms with Gasteiger partial charge in [-0.15, -0.1) is 4.80 Å². The van der Waals surface area contributed by atoms with E-state index in [4.69, 9.17) is 15.2 Å². The summed E-state index contributed by atoms with van der Waals surface area (Å²) in [6.45, 7) is 0. The van der Waals surface area contributed by atoms with Crippen LogP contribution in [-0.2, 0) is 0 Å². The molecular formula is C9H9N5O3. The second kappa shape index (κ2) is 4.47. The molecule has 2 aromatic heterocycles. The van der Waals surface area contributed by atoms with E-state index in [9.17, 15) is 4.79 Å². The largest absolute Gasteiger partial charge is 0.481 e. The zero-order valence-electron chi connectivity index (χ0n) is 8.90. The molecule has 0 aromatic carbocycles. The Balaban J connectivity index is 2.47. The van der Waals surface area contributed by atoms with Gasteiger partial charge in [0.2, 0.25) is 5.88 Å². The molecule has 0 radical (unpaired) electrons.